The molecule has 2 aliphatic heterocycles. The maximum absolute atomic E-state index is 13.6. The van der Waals surface area contributed by atoms with E-state index in [2.05, 4.69) is 102 Å². The van der Waals surface area contributed by atoms with E-state index in [0.29, 0.717) is 23.2 Å². The van der Waals surface area contributed by atoms with Gasteiger partial charge in [0.05, 0.1) is 14.2 Å². The predicted octanol–water partition coefficient (Wildman–Crippen LogP) is 13.8. The Morgan fingerprint density at radius 3 is 1.56 bits per heavy atom. The van der Waals surface area contributed by atoms with Crippen LogP contribution in [-0.4, -0.2) is 74.4 Å². The summed E-state index contributed by atoms with van der Waals surface area (Å²) >= 11 is 0. The molecule has 2 aliphatic carbocycles. The lowest BCUT2D eigenvalue weighted by Crippen LogP contribution is -2.50. The van der Waals surface area contributed by atoms with Gasteiger partial charge in [-0.2, -0.15) is 0 Å². The van der Waals surface area contributed by atoms with E-state index in [1.165, 1.54) is 83.8 Å². The van der Waals surface area contributed by atoms with E-state index in [-0.39, 0.29) is 5.92 Å². The number of ketones is 1. The van der Waals surface area contributed by atoms with Gasteiger partial charge in [0.15, 0.2) is 5.78 Å². The molecule has 8 rings (SSSR count). The van der Waals surface area contributed by atoms with Crippen LogP contribution in [0, 0.1) is 49.4 Å². The number of Topliss-reactive ketones (excluding diaryl/α,β-unsaturated/α-hetero) is 1. The molecule has 4 fully saturated rings. The fraction of sp³-hybridized carbons (Fsp3) is 0.544. The molecule has 63 heavy (non-hydrogen) atoms. The minimum absolute atomic E-state index is 0.132. The summed E-state index contributed by atoms with van der Waals surface area (Å²) in [6.07, 6.45) is 33.2. The Morgan fingerprint density at radius 1 is 0.635 bits per heavy atom. The number of terminal acetylenes is 2. The lowest BCUT2D eigenvalue weighted by atomic mass is 9.75. The van der Waals surface area contributed by atoms with Crippen LogP contribution in [0.3, 0.4) is 0 Å². The van der Waals surface area contributed by atoms with Crippen molar-refractivity contribution in [1.29, 1.82) is 0 Å². The van der Waals surface area contributed by atoms with Gasteiger partial charge in [-0.15, -0.1) is 25.7 Å². The highest BCUT2D eigenvalue weighted by molar-refractivity contribution is 6.01. The molecular weight excluding hydrogens is 777 g/mol. The molecule has 0 amide bonds. The van der Waals surface area contributed by atoms with Crippen molar-refractivity contribution in [2.75, 3.05) is 40.4 Å². The first-order valence-electron chi connectivity index (χ1n) is 23.8. The molecule has 344 valence electrons. The van der Waals surface area contributed by atoms with Crippen LogP contribution in [0.15, 0.2) is 72.8 Å². The second-order valence-electron chi connectivity index (χ2n) is 18.4. The molecule has 6 nitrogen and oxygen atoms in total. The number of piperidine rings is 2. The Balaban J connectivity index is 0.000000323. The fourth-order valence-electron chi connectivity index (χ4n) is 8.49. The van der Waals surface area contributed by atoms with Crippen molar-refractivity contribution in [3.63, 3.8) is 0 Å². The summed E-state index contributed by atoms with van der Waals surface area (Å²) in [5, 5.41) is 4.36. The highest BCUT2D eigenvalue weighted by Crippen LogP contribution is 2.36. The molecule has 0 radical (unpaired) electrons. The number of rotatable bonds is 9. The Morgan fingerprint density at radius 2 is 1.10 bits per heavy atom. The largest absolute Gasteiger partial charge is 0.497 e. The van der Waals surface area contributed by atoms with Crippen LogP contribution in [0.5, 0.6) is 11.5 Å². The van der Waals surface area contributed by atoms with Crippen molar-refractivity contribution in [1.82, 2.24) is 9.80 Å². The van der Waals surface area contributed by atoms with E-state index < -0.39 is 0 Å². The molecule has 2 saturated heterocycles. The molecule has 0 aromatic heterocycles. The van der Waals surface area contributed by atoms with Crippen molar-refractivity contribution >= 4 is 33.6 Å². The number of fused-ring (bicyclic) bond motifs is 2. The van der Waals surface area contributed by atoms with Gasteiger partial charge in [0.25, 0.3) is 0 Å². The minimum atomic E-state index is 0.132. The monoisotopic (exact) mass is 859 g/mol. The molecule has 0 N–H and O–H groups in total. The Kier molecular flexibility index (Phi) is 26.4. The van der Waals surface area contributed by atoms with Gasteiger partial charge in [-0.25, -0.2) is 0 Å². The van der Waals surface area contributed by atoms with Crippen molar-refractivity contribution in [3.05, 3.63) is 83.9 Å². The van der Waals surface area contributed by atoms with Gasteiger partial charge in [-0.1, -0.05) is 111 Å². The van der Waals surface area contributed by atoms with Crippen LogP contribution >= 0.6 is 0 Å². The molecule has 4 aromatic carbocycles. The summed E-state index contributed by atoms with van der Waals surface area (Å²) in [5.74, 6) is 4.14. The number of methoxy groups -OCH3 is 2. The van der Waals surface area contributed by atoms with Crippen LogP contribution in [0.25, 0.3) is 21.5 Å². The fourth-order valence-corrected chi connectivity index (χ4v) is 8.49. The molecule has 2 heterocycles. The van der Waals surface area contributed by atoms with Crippen molar-refractivity contribution in [2.45, 2.75) is 138 Å². The maximum atomic E-state index is 13.6. The summed E-state index contributed by atoms with van der Waals surface area (Å²) in [6.45, 7) is 20.2. The minimum Gasteiger partial charge on any atom is -0.497 e. The van der Waals surface area contributed by atoms with Gasteiger partial charge in [-0.3, -0.25) is 14.5 Å². The zero-order valence-electron chi connectivity index (χ0n) is 40.6. The first-order valence-corrected chi connectivity index (χ1v) is 23.8. The third-order valence-corrected chi connectivity index (χ3v) is 12.0. The number of carbonyl (C=O) groups excluding carboxylic acids is 2. The lowest BCUT2D eigenvalue weighted by molar-refractivity contribution is 0.0365. The number of ether oxygens (including phenoxy) is 2. The highest BCUT2D eigenvalue weighted by Gasteiger charge is 2.38. The number of carbonyl (C=O) groups is 2. The van der Waals surface area contributed by atoms with Crippen molar-refractivity contribution in [2.24, 2.45) is 23.7 Å². The normalized spacial score (nSPS) is 18.5. The third kappa shape index (κ3) is 18.2. The number of aldehydes is 1. The van der Waals surface area contributed by atoms with Crippen LogP contribution in [-0.2, 0) is 0 Å². The average Bonchev–Trinajstić information content (AvgIpc) is 3.27. The Bertz CT molecular complexity index is 1920. The lowest BCUT2D eigenvalue weighted by Gasteiger charge is -2.45. The molecule has 4 aromatic rings. The maximum Gasteiger partial charge on any atom is 0.167 e. The van der Waals surface area contributed by atoms with E-state index in [4.69, 9.17) is 9.47 Å². The summed E-state index contributed by atoms with van der Waals surface area (Å²) in [6, 6.07) is 25.3. The van der Waals surface area contributed by atoms with Crippen molar-refractivity contribution in [3.8, 4) is 37.2 Å². The van der Waals surface area contributed by atoms with Gasteiger partial charge in [0.2, 0.25) is 0 Å². The van der Waals surface area contributed by atoms with E-state index in [1.807, 2.05) is 48.5 Å². The van der Waals surface area contributed by atoms with E-state index >= 15 is 0 Å². The second-order valence-corrected chi connectivity index (χ2v) is 18.4. The van der Waals surface area contributed by atoms with Crippen LogP contribution < -0.4 is 9.47 Å². The first kappa shape index (κ1) is 54.5. The van der Waals surface area contributed by atoms with Crippen LogP contribution in [0.2, 0.25) is 0 Å². The Labute approximate surface area is 383 Å². The van der Waals surface area contributed by atoms with Gasteiger partial charge in [0, 0.05) is 35.7 Å². The first-order chi connectivity index (χ1) is 30.5. The predicted molar refractivity (Wildman–Crippen MR) is 270 cm³/mol. The quantitative estimate of drug-likeness (QED) is 0.0949. The molecule has 2 atom stereocenters. The third-order valence-electron chi connectivity index (χ3n) is 12.0. The summed E-state index contributed by atoms with van der Waals surface area (Å²) in [7, 11) is 3.33. The molecule has 4 aliphatic rings. The summed E-state index contributed by atoms with van der Waals surface area (Å²) < 4.78 is 10.4. The number of benzene rings is 4. The number of hydrogen-bond acceptors (Lipinski definition) is 6. The smallest absolute Gasteiger partial charge is 0.167 e. The number of likely N-dealkylation sites (tertiary alicyclic amines) is 2. The average molecular weight is 859 g/mol. The zero-order valence-corrected chi connectivity index (χ0v) is 40.6. The molecule has 2 saturated carbocycles. The molecule has 0 spiro atoms. The van der Waals surface area contributed by atoms with E-state index in [1.54, 1.807) is 20.3 Å². The number of hydrogen-bond donors (Lipinski definition) is 0. The van der Waals surface area contributed by atoms with Crippen molar-refractivity contribution < 1.29 is 19.1 Å². The molecular formula is C57H82N2O4. The topological polar surface area (TPSA) is 59.1 Å². The summed E-state index contributed by atoms with van der Waals surface area (Å²) in [4.78, 5) is 29.4. The number of nitrogens with zero attached hydrogens (tertiary/aromatic N) is 2. The summed E-state index contributed by atoms with van der Waals surface area (Å²) in [5.41, 5.74) is 1.56. The van der Waals surface area contributed by atoms with Gasteiger partial charge < -0.3 is 14.4 Å². The van der Waals surface area contributed by atoms with Gasteiger partial charge in [-0.05, 0) is 147 Å². The standard InChI is InChI=1S/C25H33NO2.C12H10O2.C9H17N.C4H10.C3H8.2C2H2/c1-17(2)13-20-11-12-26(22-5-4-6-22)16-24(20)25(27)21-8-7-19-15-23(28-3)10-9-18(19)14-21;1-14-12-5-4-10-6-9(8-13)2-3-11(10)7-12;1-2-7-10(8-3-1)9-5-4-6-9;1-4(2)3;1-3-2;2*1-2/h7-10,14-15,17,20,22,24H,4-6,11-13,16H2,1-3H3;2-8H,1H3;9H,1-8H2;4H,1-3H3;3H2,1-2H3;2*1-2H/t20-,24-;;;;;;/m1....../s1. The van der Waals surface area contributed by atoms with E-state index in [9.17, 15) is 9.59 Å². The van der Waals surface area contributed by atoms with Gasteiger partial charge in [0.1, 0.15) is 17.8 Å². The van der Waals surface area contributed by atoms with Gasteiger partial charge >= 0.3 is 0 Å². The SMILES string of the molecule is C#C.C#C.C1CCN(C2CCC2)CC1.CC(C)C.CCC.COc1ccc2cc(C(=O)[C@@H]3CN(C4CCC4)CC[C@@H]3CC(C)C)ccc2c1.COc1ccc2cc(C=O)ccc2c1. The second kappa shape index (κ2) is 30.5. The molecule has 0 bridgehead atoms. The highest BCUT2D eigenvalue weighted by atomic mass is 16.5. The molecule has 6 heteroatoms. The van der Waals surface area contributed by atoms with E-state index in [0.717, 1.165) is 82.3 Å². The van der Waals surface area contributed by atoms with Crippen LogP contribution in [0.1, 0.15) is 146 Å². The molecule has 0 unspecified atom stereocenters. The zero-order chi connectivity index (χ0) is 46.7. The Hall–Kier alpha value is -4.62. The van der Waals surface area contributed by atoms with Crippen LogP contribution in [0.4, 0.5) is 0 Å².